The van der Waals surface area contributed by atoms with Crippen molar-refractivity contribution in [2.75, 3.05) is 0 Å². The maximum Gasteiger partial charge on any atom is 0.335 e. The van der Waals surface area contributed by atoms with Gasteiger partial charge in [0.05, 0.1) is 0 Å². The van der Waals surface area contributed by atoms with Crippen molar-refractivity contribution in [2.45, 2.75) is 131 Å². The van der Waals surface area contributed by atoms with E-state index in [0.717, 1.165) is 37.8 Å². The van der Waals surface area contributed by atoms with Crippen LogP contribution < -0.4 is 0 Å². The largest absolute Gasteiger partial charge is 0.392 e. The van der Waals surface area contributed by atoms with Crippen LogP contribution in [0.15, 0.2) is 0 Å². The summed E-state index contributed by atoms with van der Waals surface area (Å²) in [6.07, 6.45) is 4.96. The molecule has 0 aromatic carbocycles. The minimum atomic E-state index is -2.28. The van der Waals surface area contributed by atoms with E-state index >= 15 is 0 Å². The monoisotopic (exact) mass is 406 g/mol. The van der Waals surface area contributed by atoms with E-state index < -0.39 is 17.1 Å². The van der Waals surface area contributed by atoms with Gasteiger partial charge in [-0.3, -0.25) is 0 Å². The van der Waals surface area contributed by atoms with E-state index in [1.807, 2.05) is 0 Å². The molecular weight excluding hydrogens is 360 g/mol. The lowest BCUT2D eigenvalue weighted by atomic mass is 10.3. The minimum Gasteiger partial charge on any atom is -0.392 e. The summed E-state index contributed by atoms with van der Waals surface area (Å²) in [5, 5.41) is 0. The Morgan fingerprint density at radius 1 is 0.500 bits per heavy atom. The molecule has 0 N–H and O–H groups in total. The number of hydrogen-bond donors (Lipinski definition) is 0. The fourth-order valence-electron chi connectivity index (χ4n) is 2.78. The molecule has 0 rings (SSSR count). The SMILES string of the molecule is CCC(C)O[Si](C)(CC[Si](C)(OC(C)CC)OC(C)CC)OC(C)CC. The fourth-order valence-corrected chi connectivity index (χ4v) is 11.1. The first-order chi connectivity index (χ1) is 12.0. The van der Waals surface area contributed by atoms with E-state index in [0.29, 0.717) is 0 Å². The Morgan fingerprint density at radius 2 is 0.692 bits per heavy atom. The Hall–Kier alpha value is 0.274. The topological polar surface area (TPSA) is 36.9 Å². The van der Waals surface area contributed by atoms with Gasteiger partial charge in [0, 0.05) is 24.4 Å². The Labute approximate surface area is 165 Å². The van der Waals surface area contributed by atoms with E-state index in [-0.39, 0.29) is 24.4 Å². The zero-order valence-corrected chi connectivity index (χ0v) is 21.2. The van der Waals surface area contributed by atoms with Crippen LogP contribution in [0.1, 0.15) is 81.1 Å². The van der Waals surface area contributed by atoms with Crippen molar-refractivity contribution in [2.24, 2.45) is 0 Å². The summed E-state index contributed by atoms with van der Waals surface area (Å²) in [6.45, 7) is 21.7. The maximum atomic E-state index is 6.45. The molecule has 0 bridgehead atoms. The van der Waals surface area contributed by atoms with Gasteiger partial charge in [-0.25, -0.2) is 0 Å². The molecule has 0 aromatic rings. The second-order valence-electron chi connectivity index (χ2n) is 8.11. The van der Waals surface area contributed by atoms with Gasteiger partial charge in [-0.05, 0) is 78.6 Å². The first-order valence-corrected chi connectivity index (χ1v) is 15.8. The average molecular weight is 407 g/mol. The third-order valence-electron chi connectivity index (χ3n) is 5.13. The first-order valence-electron chi connectivity index (χ1n) is 10.7. The van der Waals surface area contributed by atoms with Gasteiger partial charge in [0.25, 0.3) is 0 Å². The molecule has 0 spiro atoms. The zero-order chi connectivity index (χ0) is 20.4. The van der Waals surface area contributed by atoms with E-state index in [9.17, 15) is 0 Å². The van der Waals surface area contributed by atoms with Crippen LogP contribution in [0.3, 0.4) is 0 Å². The average Bonchev–Trinajstić information content (AvgIpc) is 2.59. The Kier molecular flexibility index (Phi) is 12.8. The smallest absolute Gasteiger partial charge is 0.335 e. The lowest BCUT2D eigenvalue weighted by molar-refractivity contribution is 0.0823. The number of rotatable bonds is 15. The standard InChI is InChI=1S/C20H46O4Si2/c1-11-17(5)21-25(9,22-18(6)12-2)15-16-26(10,23-19(7)13-3)24-20(8)14-4/h17-20H,11-16H2,1-10H3. The van der Waals surface area contributed by atoms with Gasteiger partial charge in [-0.15, -0.1) is 0 Å². The van der Waals surface area contributed by atoms with Crippen LogP contribution >= 0.6 is 0 Å². The van der Waals surface area contributed by atoms with Gasteiger partial charge in [0.15, 0.2) is 0 Å². The molecule has 0 aliphatic heterocycles. The highest BCUT2D eigenvalue weighted by Crippen LogP contribution is 2.29. The van der Waals surface area contributed by atoms with Gasteiger partial charge < -0.3 is 17.7 Å². The summed E-state index contributed by atoms with van der Waals surface area (Å²) in [6, 6.07) is 1.86. The summed E-state index contributed by atoms with van der Waals surface area (Å²) in [7, 11) is -4.55. The van der Waals surface area contributed by atoms with Crippen LogP contribution in [0.5, 0.6) is 0 Å². The molecule has 0 aliphatic carbocycles. The van der Waals surface area contributed by atoms with E-state index in [4.69, 9.17) is 17.7 Å². The lowest BCUT2D eigenvalue weighted by Gasteiger charge is -2.37. The van der Waals surface area contributed by atoms with Crippen LogP contribution in [0, 0.1) is 0 Å². The third-order valence-corrected chi connectivity index (χ3v) is 11.6. The Balaban J connectivity index is 5.21. The van der Waals surface area contributed by atoms with Gasteiger partial charge >= 0.3 is 17.1 Å². The third kappa shape index (κ3) is 10.6. The Morgan fingerprint density at radius 3 is 0.846 bits per heavy atom. The predicted octanol–water partition coefficient (Wildman–Crippen LogP) is 6.39. The molecular formula is C20H46O4Si2. The van der Waals surface area contributed by atoms with E-state index in [1.165, 1.54) is 0 Å². The predicted molar refractivity (Wildman–Crippen MR) is 116 cm³/mol. The van der Waals surface area contributed by atoms with Gasteiger partial charge in [-0.1, -0.05) is 27.7 Å². The van der Waals surface area contributed by atoms with Crippen molar-refractivity contribution in [3.8, 4) is 0 Å². The van der Waals surface area contributed by atoms with Crippen molar-refractivity contribution >= 4 is 17.1 Å². The van der Waals surface area contributed by atoms with Crippen LogP contribution in [-0.4, -0.2) is 41.5 Å². The van der Waals surface area contributed by atoms with E-state index in [2.05, 4.69) is 68.5 Å². The summed E-state index contributed by atoms with van der Waals surface area (Å²) in [4.78, 5) is 0. The van der Waals surface area contributed by atoms with Crippen molar-refractivity contribution in [3.63, 3.8) is 0 Å². The molecule has 0 saturated heterocycles. The van der Waals surface area contributed by atoms with Gasteiger partial charge in [0.1, 0.15) is 0 Å². The number of hydrogen-bond acceptors (Lipinski definition) is 4. The molecule has 26 heavy (non-hydrogen) atoms. The molecule has 0 aromatic heterocycles. The second kappa shape index (κ2) is 12.7. The molecule has 158 valence electrons. The van der Waals surface area contributed by atoms with Crippen molar-refractivity contribution in [1.82, 2.24) is 0 Å². The molecule has 4 unspecified atom stereocenters. The molecule has 4 nitrogen and oxygen atoms in total. The molecule has 0 amide bonds. The van der Waals surface area contributed by atoms with Crippen molar-refractivity contribution in [1.29, 1.82) is 0 Å². The molecule has 0 radical (unpaired) electrons. The van der Waals surface area contributed by atoms with Crippen LogP contribution in [0.25, 0.3) is 0 Å². The van der Waals surface area contributed by atoms with Crippen LogP contribution in [-0.2, 0) is 17.7 Å². The molecule has 0 saturated carbocycles. The summed E-state index contributed by atoms with van der Waals surface area (Å²) >= 11 is 0. The van der Waals surface area contributed by atoms with Crippen LogP contribution in [0.4, 0.5) is 0 Å². The normalized spacial score (nSPS) is 21.5. The molecule has 0 fully saturated rings. The van der Waals surface area contributed by atoms with Gasteiger partial charge in [0.2, 0.25) is 0 Å². The highest BCUT2D eigenvalue weighted by atomic mass is 28.4. The van der Waals surface area contributed by atoms with E-state index in [1.54, 1.807) is 0 Å². The zero-order valence-electron chi connectivity index (χ0n) is 19.2. The molecule has 0 aliphatic rings. The lowest BCUT2D eigenvalue weighted by Crippen LogP contribution is -2.49. The second-order valence-corrected chi connectivity index (χ2v) is 14.6. The van der Waals surface area contributed by atoms with Crippen molar-refractivity contribution in [3.05, 3.63) is 0 Å². The van der Waals surface area contributed by atoms with Crippen molar-refractivity contribution < 1.29 is 17.7 Å². The fraction of sp³-hybridized carbons (Fsp3) is 1.00. The summed E-state index contributed by atoms with van der Waals surface area (Å²) in [5.41, 5.74) is 0. The summed E-state index contributed by atoms with van der Waals surface area (Å²) < 4.78 is 25.8. The maximum absolute atomic E-state index is 6.45. The molecule has 0 heterocycles. The minimum absolute atomic E-state index is 0.231. The highest BCUT2D eigenvalue weighted by Gasteiger charge is 2.42. The molecule has 4 atom stereocenters. The summed E-state index contributed by atoms with van der Waals surface area (Å²) in [5.74, 6) is 0. The van der Waals surface area contributed by atoms with Crippen LogP contribution in [0.2, 0.25) is 25.2 Å². The Bertz CT molecular complexity index is 310. The van der Waals surface area contributed by atoms with Gasteiger partial charge in [-0.2, -0.15) is 0 Å². The highest BCUT2D eigenvalue weighted by molar-refractivity contribution is 6.71. The first kappa shape index (κ1) is 26.3. The quantitative estimate of drug-likeness (QED) is 0.295. The molecule has 6 heteroatoms.